The first-order valence-electron chi connectivity index (χ1n) is 13.5. The highest BCUT2D eigenvalue weighted by Gasteiger charge is 2.42. The van der Waals surface area contributed by atoms with Gasteiger partial charge in [-0.15, -0.1) is 0 Å². The number of nitrogens with zero attached hydrogens (tertiary/aromatic N) is 5. The molecule has 1 aliphatic heterocycles. The van der Waals surface area contributed by atoms with E-state index in [0.29, 0.717) is 9.87 Å². The van der Waals surface area contributed by atoms with Crippen LogP contribution in [0.1, 0.15) is 49.2 Å². The maximum Gasteiger partial charge on any atom is 0.425 e. The van der Waals surface area contributed by atoms with E-state index in [1.165, 1.54) is 49.4 Å². The minimum atomic E-state index is -4.25. The fraction of sp³-hybridized carbons (Fsp3) is 0.357. The summed E-state index contributed by atoms with van der Waals surface area (Å²) in [6.45, 7) is 7.30. The first kappa shape index (κ1) is 31.9. The topological polar surface area (TPSA) is 180 Å². The quantitative estimate of drug-likeness (QED) is 0.214. The van der Waals surface area contributed by atoms with Crippen LogP contribution in [0.5, 0.6) is 0 Å². The van der Waals surface area contributed by atoms with Crippen LogP contribution in [0.3, 0.4) is 0 Å². The lowest BCUT2D eigenvalue weighted by molar-refractivity contribution is -0.385. The molecule has 44 heavy (non-hydrogen) atoms. The standard InChI is InChI=1S/C28H31N5O10S/c1-6-42-25(35)22-17-29(26(36)30(24(22)34)16-19-8-7-9-23(18(19)2)33(38)39)20-10-12-21(13-11-20)31-14-15-32(44(31,40)41)27(37)43-28(3,4)5/h7-13,17H,6,14-16H2,1-5H3. The molecule has 2 aromatic carbocycles. The van der Waals surface area contributed by atoms with E-state index in [9.17, 15) is 37.7 Å². The Labute approximate surface area is 252 Å². The molecule has 1 aromatic heterocycles. The Morgan fingerprint density at radius 2 is 1.66 bits per heavy atom. The Morgan fingerprint density at radius 3 is 2.25 bits per heavy atom. The molecular weight excluding hydrogens is 598 g/mol. The van der Waals surface area contributed by atoms with Gasteiger partial charge in [-0.2, -0.15) is 12.7 Å². The third kappa shape index (κ3) is 6.20. The second-order valence-electron chi connectivity index (χ2n) is 10.8. The Bertz CT molecular complexity index is 1860. The first-order valence-corrected chi connectivity index (χ1v) is 14.9. The molecule has 1 fully saturated rings. The number of esters is 1. The summed E-state index contributed by atoms with van der Waals surface area (Å²) >= 11 is 0. The zero-order valence-corrected chi connectivity index (χ0v) is 25.5. The number of aromatic nitrogens is 2. The average molecular weight is 630 g/mol. The van der Waals surface area contributed by atoms with Gasteiger partial charge in [-0.1, -0.05) is 12.1 Å². The van der Waals surface area contributed by atoms with Crippen LogP contribution in [-0.2, 0) is 26.2 Å². The summed E-state index contributed by atoms with van der Waals surface area (Å²) in [5.41, 5.74) is -2.42. The average Bonchev–Trinajstić information content (AvgIpc) is 3.25. The van der Waals surface area contributed by atoms with Gasteiger partial charge < -0.3 is 9.47 Å². The Morgan fingerprint density at radius 1 is 1.02 bits per heavy atom. The lowest BCUT2D eigenvalue weighted by Gasteiger charge is -2.24. The van der Waals surface area contributed by atoms with Crippen molar-refractivity contribution in [2.24, 2.45) is 0 Å². The Balaban J connectivity index is 1.75. The van der Waals surface area contributed by atoms with Gasteiger partial charge in [0, 0.05) is 17.8 Å². The van der Waals surface area contributed by atoms with Crippen LogP contribution >= 0.6 is 0 Å². The summed E-state index contributed by atoms with van der Waals surface area (Å²) in [5.74, 6) is -0.974. The molecular formula is C28H31N5O10S. The van der Waals surface area contributed by atoms with Gasteiger partial charge in [0.1, 0.15) is 11.2 Å². The van der Waals surface area contributed by atoms with Gasteiger partial charge in [-0.05, 0) is 64.4 Å². The van der Waals surface area contributed by atoms with Gasteiger partial charge in [-0.25, -0.2) is 14.4 Å². The van der Waals surface area contributed by atoms with E-state index in [4.69, 9.17) is 9.47 Å². The van der Waals surface area contributed by atoms with Crippen molar-refractivity contribution in [1.29, 1.82) is 0 Å². The number of ether oxygens (including phenoxy) is 2. The van der Waals surface area contributed by atoms with Crippen molar-refractivity contribution in [3.05, 3.63) is 96.3 Å². The van der Waals surface area contributed by atoms with E-state index < -0.39 is 49.6 Å². The molecule has 0 N–H and O–H groups in total. The van der Waals surface area contributed by atoms with E-state index in [2.05, 4.69) is 0 Å². The van der Waals surface area contributed by atoms with E-state index in [1.807, 2.05) is 0 Å². The first-order chi connectivity index (χ1) is 20.6. The lowest BCUT2D eigenvalue weighted by atomic mass is 10.1. The predicted octanol–water partition coefficient (Wildman–Crippen LogP) is 2.74. The van der Waals surface area contributed by atoms with Gasteiger partial charge >= 0.3 is 28.0 Å². The van der Waals surface area contributed by atoms with Gasteiger partial charge in [-0.3, -0.25) is 28.3 Å². The van der Waals surface area contributed by atoms with E-state index in [0.717, 1.165) is 19.6 Å². The number of nitro benzene ring substituents is 1. The fourth-order valence-electron chi connectivity index (χ4n) is 4.56. The molecule has 1 saturated heterocycles. The summed E-state index contributed by atoms with van der Waals surface area (Å²) in [4.78, 5) is 62.9. The second kappa shape index (κ2) is 11.9. The highest BCUT2D eigenvalue weighted by molar-refractivity contribution is 7.91. The molecule has 15 nitrogen and oxygen atoms in total. The van der Waals surface area contributed by atoms with Crippen LogP contribution in [0.2, 0.25) is 0 Å². The molecule has 0 unspecified atom stereocenters. The van der Waals surface area contributed by atoms with Gasteiger partial charge in [0.25, 0.3) is 11.2 Å². The molecule has 234 valence electrons. The number of benzene rings is 2. The van der Waals surface area contributed by atoms with Gasteiger partial charge in [0.2, 0.25) is 0 Å². The number of anilines is 1. The van der Waals surface area contributed by atoms with E-state index in [-0.39, 0.29) is 48.9 Å². The second-order valence-corrected chi connectivity index (χ2v) is 12.6. The highest BCUT2D eigenvalue weighted by Crippen LogP contribution is 2.28. The number of amides is 1. The maximum atomic E-state index is 13.6. The minimum absolute atomic E-state index is 0.0404. The summed E-state index contributed by atoms with van der Waals surface area (Å²) in [5, 5.41) is 11.4. The number of hydrogen-bond acceptors (Lipinski definition) is 10. The van der Waals surface area contributed by atoms with Crippen LogP contribution in [0.15, 0.2) is 58.3 Å². The molecule has 4 rings (SSSR count). The van der Waals surface area contributed by atoms with Crippen LogP contribution in [0, 0.1) is 17.0 Å². The Hall–Kier alpha value is -4.99. The largest absolute Gasteiger partial charge is 0.462 e. The molecule has 16 heteroatoms. The molecule has 0 radical (unpaired) electrons. The molecule has 0 bridgehead atoms. The molecule has 0 spiro atoms. The maximum absolute atomic E-state index is 13.6. The molecule has 0 atom stereocenters. The summed E-state index contributed by atoms with van der Waals surface area (Å²) in [6, 6.07) is 9.87. The van der Waals surface area contributed by atoms with Crippen molar-refractivity contribution in [3.63, 3.8) is 0 Å². The summed E-state index contributed by atoms with van der Waals surface area (Å²) in [6.07, 6.45) is 0.0293. The van der Waals surface area contributed by atoms with Crippen LogP contribution in [0.25, 0.3) is 5.69 Å². The third-order valence-electron chi connectivity index (χ3n) is 6.68. The number of nitro groups is 1. The van der Waals surface area contributed by atoms with Crippen molar-refractivity contribution < 1.29 is 32.4 Å². The van der Waals surface area contributed by atoms with Gasteiger partial charge in [0.05, 0.1) is 42.5 Å². The smallest absolute Gasteiger partial charge is 0.425 e. The van der Waals surface area contributed by atoms with E-state index in [1.54, 1.807) is 27.7 Å². The molecule has 2 heterocycles. The number of carbonyl (C=O) groups excluding carboxylic acids is 2. The van der Waals surface area contributed by atoms with Crippen LogP contribution in [0.4, 0.5) is 16.2 Å². The fourth-order valence-corrected chi connectivity index (χ4v) is 6.03. The van der Waals surface area contributed by atoms with Crippen molar-refractivity contribution in [1.82, 2.24) is 13.4 Å². The number of hydrogen-bond donors (Lipinski definition) is 0. The number of rotatable bonds is 7. The monoisotopic (exact) mass is 629 g/mol. The van der Waals surface area contributed by atoms with Crippen LogP contribution in [-0.4, -0.2) is 64.1 Å². The highest BCUT2D eigenvalue weighted by atomic mass is 32.2. The van der Waals surface area contributed by atoms with E-state index >= 15 is 0 Å². The molecule has 1 aliphatic rings. The Kier molecular flexibility index (Phi) is 8.67. The molecule has 0 saturated carbocycles. The van der Waals surface area contributed by atoms with Crippen molar-refractivity contribution >= 4 is 33.6 Å². The van der Waals surface area contributed by atoms with Crippen LogP contribution < -0.4 is 15.6 Å². The normalized spacial score (nSPS) is 14.4. The predicted molar refractivity (Wildman–Crippen MR) is 158 cm³/mol. The molecule has 0 aliphatic carbocycles. The zero-order chi connectivity index (χ0) is 32.6. The third-order valence-corrected chi connectivity index (χ3v) is 8.52. The zero-order valence-electron chi connectivity index (χ0n) is 24.7. The van der Waals surface area contributed by atoms with Gasteiger partial charge in [0.15, 0.2) is 0 Å². The summed E-state index contributed by atoms with van der Waals surface area (Å²) in [7, 11) is -4.25. The van der Waals surface area contributed by atoms with Crippen molar-refractivity contribution in [2.75, 3.05) is 24.0 Å². The summed E-state index contributed by atoms with van der Waals surface area (Å²) < 4.78 is 39.9. The molecule has 3 aromatic rings. The minimum Gasteiger partial charge on any atom is -0.462 e. The van der Waals surface area contributed by atoms with Crippen molar-refractivity contribution in [3.8, 4) is 5.69 Å². The molecule has 1 amide bonds. The SMILES string of the molecule is CCOC(=O)c1cn(-c2ccc(N3CCN(C(=O)OC(C)(C)C)S3(=O)=O)cc2)c(=O)n(Cc2cccc([N+](=O)[O-])c2C)c1=O. The van der Waals surface area contributed by atoms with Crippen molar-refractivity contribution in [2.45, 2.75) is 46.8 Å². The lowest BCUT2D eigenvalue weighted by Crippen LogP contribution is -2.42. The number of carbonyl (C=O) groups is 2.